The number of nitrogens with zero attached hydrogens (tertiary/aromatic N) is 2. The molecule has 0 saturated heterocycles. The summed E-state index contributed by atoms with van der Waals surface area (Å²) in [5.41, 5.74) is 0.314. The molecule has 220 valence electrons. The number of nitrogens with one attached hydrogen (secondary N) is 1. The minimum Gasteiger partial charge on any atom is -0.497 e. The zero-order valence-corrected chi connectivity index (χ0v) is 25.6. The summed E-state index contributed by atoms with van der Waals surface area (Å²) in [4.78, 5) is 28.6. The summed E-state index contributed by atoms with van der Waals surface area (Å²) in [5.74, 6) is -0.230. The van der Waals surface area contributed by atoms with E-state index in [4.69, 9.17) is 21.1 Å². The number of para-hydroxylation sites is 2. The largest absolute Gasteiger partial charge is 0.497 e. The second-order valence-corrected chi connectivity index (χ2v) is 12.7. The first-order chi connectivity index (χ1) is 19.3. The standard InChI is InChI=1S/C30H36ClN3O6S/c1-21(29(36)32-30(2,3)4)33(19-22-10-9-11-23(31)18-22)28(35)20-34(26-12-7-8-13-27(26)40-6)41(37,38)25-16-14-24(39-5)15-17-25/h7-18,21H,19-20H2,1-6H3,(H,32,36). The molecule has 0 aliphatic carbocycles. The average molecular weight is 602 g/mol. The van der Waals surface area contributed by atoms with E-state index in [-0.39, 0.29) is 28.8 Å². The number of methoxy groups -OCH3 is 2. The maximum absolute atomic E-state index is 14.1. The molecule has 1 unspecified atom stereocenters. The minimum absolute atomic E-state index is 0.0282. The molecule has 41 heavy (non-hydrogen) atoms. The monoisotopic (exact) mass is 601 g/mol. The molecule has 0 aliphatic rings. The molecule has 0 fully saturated rings. The predicted octanol–water partition coefficient (Wildman–Crippen LogP) is 4.88. The summed E-state index contributed by atoms with van der Waals surface area (Å²) >= 11 is 6.19. The van der Waals surface area contributed by atoms with E-state index in [9.17, 15) is 18.0 Å². The molecule has 3 rings (SSSR count). The van der Waals surface area contributed by atoms with Crippen molar-refractivity contribution in [3.05, 3.63) is 83.4 Å². The Labute approximate surface area is 247 Å². The van der Waals surface area contributed by atoms with Crippen molar-refractivity contribution < 1.29 is 27.5 Å². The van der Waals surface area contributed by atoms with Gasteiger partial charge in [0.1, 0.15) is 24.1 Å². The summed E-state index contributed by atoms with van der Waals surface area (Å²) < 4.78 is 39.7. The van der Waals surface area contributed by atoms with Crippen molar-refractivity contribution in [1.29, 1.82) is 0 Å². The van der Waals surface area contributed by atoms with Crippen LogP contribution in [0.15, 0.2) is 77.7 Å². The van der Waals surface area contributed by atoms with Crippen molar-refractivity contribution in [2.45, 2.75) is 50.7 Å². The van der Waals surface area contributed by atoms with E-state index >= 15 is 0 Å². The van der Waals surface area contributed by atoms with E-state index in [1.807, 2.05) is 20.8 Å². The fourth-order valence-electron chi connectivity index (χ4n) is 4.11. The van der Waals surface area contributed by atoms with Crippen molar-refractivity contribution in [2.24, 2.45) is 0 Å². The highest BCUT2D eigenvalue weighted by molar-refractivity contribution is 7.92. The molecule has 0 spiro atoms. The summed E-state index contributed by atoms with van der Waals surface area (Å²) in [6.07, 6.45) is 0. The van der Waals surface area contributed by atoms with Gasteiger partial charge in [-0.25, -0.2) is 8.42 Å². The maximum atomic E-state index is 14.1. The number of rotatable bonds is 11. The smallest absolute Gasteiger partial charge is 0.264 e. The molecule has 3 aromatic rings. The Morgan fingerprint density at radius 2 is 1.61 bits per heavy atom. The predicted molar refractivity (Wildman–Crippen MR) is 160 cm³/mol. The second-order valence-electron chi connectivity index (χ2n) is 10.4. The quantitative estimate of drug-likeness (QED) is 0.336. The number of benzene rings is 3. The van der Waals surface area contributed by atoms with Crippen LogP contribution in [0.5, 0.6) is 11.5 Å². The van der Waals surface area contributed by atoms with Crippen LogP contribution < -0.4 is 19.1 Å². The molecule has 3 aromatic carbocycles. The Morgan fingerprint density at radius 3 is 2.20 bits per heavy atom. The summed E-state index contributed by atoms with van der Waals surface area (Å²) in [6, 6.07) is 18.4. The van der Waals surface area contributed by atoms with Crippen molar-refractivity contribution in [3.63, 3.8) is 0 Å². The fraction of sp³-hybridized carbons (Fsp3) is 0.333. The molecule has 0 radical (unpaired) electrons. The first-order valence-corrected chi connectivity index (χ1v) is 14.7. The van der Waals surface area contributed by atoms with Gasteiger partial charge < -0.3 is 19.7 Å². The van der Waals surface area contributed by atoms with E-state index in [0.717, 1.165) is 4.31 Å². The molecule has 0 aliphatic heterocycles. The first-order valence-electron chi connectivity index (χ1n) is 12.9. The van der Waals surface area contributed by atoms with Crippen LogP contribution in [-0.4, -0.2) is 57.5 Å². The van der Waals surface area contributed by atoms with E-state index in [1.54, 1.807) is 55.5 Å². The number of carbonyl (C=O) groups excluding carboxylic acids is 2. The van der Waals surface area contributed by atoms with Gasteiger partial charge in [0.05, 0.1) is 24.8 Å². The van der Waals surface area contributed by atoms with Crippen LogP contribution in [0.25, 0.3) is 0 Å². The Hall–Kier alpha value is -3.76. The molecule has 1 N–H and O–H groups in total. The van der Waals surface area contributed by atoms with Crippen molar-refractivity contribution in [3.8, 4) is 11.5 Å². The van der Waals surface area contributed by atoms with Crippen LogP contribution in [0.3, 0.4) is 0 Å². The molecule has 0 aromatic heterocycles. The van der Waals surface area contributed by atoms with Gasteiger partial charge >= 0.3 is 0 Å². The molecule has 0 bridgehead atoms. The van der Waals surface area contributed by atoms with E-state index in [1.165, 1.54) is 43.4 Å². The summed E-state index contributed by atoms with van der Waals surface area (Å²) in [7, 11) is -1.37. The van der Waals surface area contributed by atoms with Crippen LogP contribution in [0.1, 0.15) is 33.3 Å². The lowest BCUT2D eigenvalue weighted by Gasteiger charge is -2.33. The number of amides is 2. The minimum atomic E-state index is -4.27. The van der Waals surface area contributed by atoms with Gasteiger partial charge in [-0.1, -0.05) is 35.9 Å². The number of hydrogen-bond acceptors (Lipinski definition) is 6. The lowest BCUT2D eigenvalue weighted by atomic mass is 10.1. The Bertz CT molecular complexity index is 1470. The van der Waals surface area contributed by atoms with Gasteiger partial charge in [0, 0.05) is 17.1 Å². The summed E-state index contributed by atoms with van der Waals surface area (Å²) in [5, 5.41) is 3.37. The van der Waals surface area contributed by atoms with Gasteiger partial charge in [0.2, 0.25) is 11.8 Å². The normalized spacial score (nSPS) is 12.3. The molecular formula is C30H36ClN3O6S. The highest BCUT2D eigenvalue weighted by Crippen LogP contribution is 2.33. The number of anilines is 1. The van der Waals surface area contributed by atoms with Crippen LogP contribution in [0.2, 0.25) is 5.02 Å². The molecular weight excluding hydrogens is 566 g/mol. The average Bonchev–Trinajstić information content (AvgIpc) is 2.93. The third-order valence-corrected chi connectivity index (χ3v) is 8.20. The van der Waals surface area contributed by atoms with E-state index in [2.05, 4.69) is 5.32 Å². The summed E-state index contributed by atoms with van der Waals surface area (Å²) in [6.45, 7) is 6.56. The topological polar surface area (TPSA) is 105 Å². The molecule has 1 atom stereocenters. The highest BCUT2D eigenvalue weighted by Gasteiger charge is 2.34. The molecule has 0 saturated carbocycles. The van der Waals surface area contributed by atoms with Crippen LogP contribution in [-0.2, 0) is 26.2 Å². The third kappa shape index (κ3) is 8.14. The lowest BCUT2D eigenvalue weighted by Crippen LogP contribution is -2.54. The van der Waals surface area contributed by atoms with Crippen molar-refractivity contribution in [2.75, 3.05) is 25.1 Å². The highest BCUT2D eigenvalue weighted by atomic mass is 35.5. The number of carbonyl (C=O) groups is 2. The maximum Gasteiger partial charge on any atom is 0.264 e. The molecule has 0 heterocycles. The number of sulfonamides is 1. The second kappa shape index (κ2) is 13.3. The van der Waals surface area contributed by atoms with Gasteiger partial charge in [-0.3, -0.25) is 13.9 Å². The van der Waals surface area contributed by atoms with Gasteiger partial charge in [0.15, 0.2) is 0 Å². The lowest BCUT2D eigenvalue weighted by molar-refractivity contribution is -0.140. The van der Waals surface area contributed by atoms with Gasteiger partial charge in [-0.2, -0.15) is 0 Å². The van der Waals surface area contributed by atoms with Crippen molar-refractivity contribution in [1.82, 2.24) is 10.2 Å². The SMILES string of the molecule is COc1ccc(S(=O)(=O)N(CC(=O)N(Cc2cccc(Cl)c2)C(C)C(=O)NC(C)(C)C)c2ccccc2OC)cc1. The molecule has 9 nitrogen and oxygen atoms in total. The van der Waals surface area contributed by atoms with Gasteiger partial charge in [-0.05, 0) is 81.8 Å². The van der Waals surface area contributed by atoms with Crippen molar-refractivity contribution >= 4 is 39.1 Å². The fourth-order valence-corrected chi connectivity index (χ4v) is 5.75. The zero-order chi connectivity index (χ0) is 30.4. The Balaban J connectivity index is 2.08. The van der Waals surface area contributed by atoms with Gasteiger partial charge in [-0.15, -0.1) is 0 Å². The Morgan fingerprint density at radius 1 is 0.951 bits per heavy atom. The Kier molecular flexibility index (Phi) is 10.3. The van der Waals surface area contributed by atoms with E-state index in [0.29, 0.717) is 16.3 Å². The number of halogens is 1. The van der Waals surface area contributed by atoms with Crippen LogP contribution in [0, 0.1) is 0 Å². The molecule has 11 heteroatoms. The van der Waals surface area contributed by atoms with E-state index < -0.39 is 34.1 Å². The number of ether oxygens (including phenoxy) is 2. The van der Waals surface area contributed by atoms with Crippen LogP contribution in [0.4, 0.5) is 5.69 Å². The molecule has 2 amide bonds. The third-order valence-electron chi connectivity index (χ3n) is 6.19. The van der Waals surface area contributed by atoms with Gasteiger partial charge in [0.25, 0.3) is 10.0 Å². The first kappa shape index (κ1) is 31.8. The number of hydrogen-bond donors (Lipinski definition) is 1. The van der Waals surface area contributed by atoms with Crippen LogP contribution >= 0.6 is 11.6 Å². The zero-order valence-electron chi connectivity index (χ0n) is 24.0.